The van der Waals surface area contributed by atoms with Crippen molar-refractivity contribution >= 4 is 17.4 Å². The topological polar surface area (TPSA) is 35.8 Å². The second kappa shape index (κ2) is 5.97. The molecule has 0 saturated heterocycles. The highest BCUT2D eigenvalue weighted by Crippen LogP contribution is 2.27. The van der Waals surface area contributed by atoms with E-state index in [0.717, 1.165) is 29.1 Å². The molecule has 1 rings (SSSR count). The summed E-state index contributed by atoms with van der Waals surface area (Å²) in [5, 5.41) is 12.5. The Labute approximate surface area is 108 Å². The molecule has 0 radical (unpaired) electrons. The van der Waals surface area contributed by atoms with Gasteiger partial charge >= 0.3 is 0 Å². The Balaban J connectivity index is 2.75. The molecule has 0 aliphatic carbocycles. The van der Waals surface area contributed by atoms with Gasteiger partial charge in [-0.15, -0.1) is 11.8 Å². The Morgan fingerprint density at radius 1 is 1.35 bits per heavy atom. The van der Waals surface area contributed by atoms with Gasteiger partial charge in [0, 0.05) is 11.4 Å². The summed E-state index contributed by atoms with van der Waals surface area (Å²) in [5.74, 6) is 0. The van der Waals surface area contributed by atoms with Crippen molar-refractivity contribution in [2.75, 3.05) is 18.1 Å². The zero-order chi connectivity index (χ0) is 12.9. The molecule has 0 amide bonds. The summed E-state index contributed by atoms with van der Waals surface area (Å²) in [5.41, 5.74) is 2.02. The molecule has 0 aliphatic rings. The quantitative estimate of drug-likeness (QED) is 0.814. The second-order valence-corrected chi connectivity index (χ2v) is 6.08. The van der Waals surface area contributed by atoms with Crippen LogP contribution < -0.4 is 5.32 Å². The van der Waals surface area contributed by atoms with Crippen molar-refractivity contribution in [3.05, 3.63) is 23.8 Å². The molecule has 0 atom stereocenters. The van der Waals surface area contributed by atoms with Gasteiger partial charge in [0.05, 0.1) is 11.3 Å². The molecule has 2 nitrogen and oxygen atoms in total. The van der Waals surface area contributed by atoms with Gasteiger partial charge in [0.25, 0.3) is 0 Å². The summed E-state index contributed by atoms with van der Waals surface area (Å²) in [7, 11) is 0. The summed E-state index contributed by atoms with van der Waals surface area (Å²) in [6.07, 6.45) is 3.08. The minimum atomic E-state index is 0.316. The van der Waals surface area contributed by atoms with Crippen LogP contribution >= 0.6 is 11.8 Å². The van der Waals surface area contributed by atoms with E-state index in [0.29, 0.717) is 5.41 Å². The van der Waals surface area contributed by atoms with E-state index in [9.17, 15) is 5.26 Å². The van der Waals surface area contributed by atoms with Crippen LogP contribution in [-0.2, 0) is 0 Å². The number of hydrogen-bond donors (Lipinski definition) is 1. The Hall–Kier alpha value is -1.14. The van der Waals surface area contributed by atoms with Crippen LogP contribution in [0.15, 0.2) is 23.1 Å². The third kappa shape index (κ3) is 4.32. The number of hydrogen-bond acceptors (Lipinski definition) is 3. The van der Waals surface area contributed by atoms with Crippen LogP contribution in [0.5, 0.6) is 0 Å². The molecule has 0 unspecified atom stereocenters. The maximum absolute atomic E-state index is 9.19. The molecule has 0 aromatic heterocycles. The number of benzene rings is 1. The molecule has 3 heteroatoms. The maximum Gasteiger partial charge on any atom is 0.102 e. The number of anilines is 1. The van der Waals surface area contributed by atoms with Crippen LogP contribution in [0.3, 0.4) is 0 Å². The smallest absolute Gasteiger partial charge is 0.102 e. The van der Waals surface area contributed by atoms with Crippen molar-refractivity contribution in [1.29, 1.82) is 5.26 Å². The van der Waals surface area contributed by atoms with Gasteiger partial charge in [-0.2, -0.15) is 5.26 Å². The fraction of sp³-hybridized carbons (Fsp3) is 0.500. The summed E-state index contributed by atoms with van der Waals surface area (Å²) in [4.78, 5) is 1.04. The molecular weight excluding hydrogens is 228 g/mol. The van der Waals surface area contributed by atoms with Gasteiger partial charge in [0.15, 0.2) is 0 Å². The minimum absolute atomic E-state index is 0.316. The van der Waals surface area contributed by atoms with Gasteiger partial charge in [-0.25, -0.2) is 0 Å². The van der Waals surface area contributed by atoms with E-state index in [-0.39, 0.29) is 0 Å². The first-order chi connectivity index (χ1) is 7.98. The lowest BCUT2D eigenvalue weighted by Gasteiger charge is -2.19. The fourth-order valence-electron chi connectivity index (χ4n) is 1.54. The number of nitrogens with one attached hydrogen (secondary N) is 1. The van der Waals surface area contributed by atoms with Crippen LogP contribution in [0, 0.1) is 16.7 Å². The third-order valence-corrected chi connectivity index (χ3v) is 3.33. The van der Waals surface area contributed by atoms with Gasteiger partial charge in [-0.05, 0) is 30.2 Å². The van der Waals surface area contributed by atoms with Crippen molar-refractivity contribution in [1.82, 2.24) is 0 Å². The number of rotatable bonds is 4. The predicted molar refractivity (Wildman–Crippen MR) is 75.5 cm³/mol. The van der Waals surface area contributed by atoms with Crippen LogP contribution in [0.2, 0.25) is 0 Å². The van der Waals surface area contributed by atoms with Crippen molar-refractivity contribution in [2.45, 2.75) is 32.1 Å². The molecule has 1 aromatic rings. The van der Waals surface area contributed by atoms with E-state index in [1.807, 2.05) is 24.5 Å². The van der Waals surface area contributed by atoms with Gasteiger partial charge in [0.2, 0.25) is 0 Å². The average molecular weight is 248 g/mol. The Kier molecular flexibility index (Phi) is 4.89. The lowest BCUT2D eigenvalue weighted by atomic mass is 9.92. The lowest BCUT2D eigenvalue weighted by molar-refractivity contribution is 0.390. The highest BCUT2D eigenvalue weighted by Gasteiger charge is 2.11. The molecular formula is C14H20N2S. The van der Waals surface area contributed by atoms with Crippen molar-refractivity contribution in [2.24, 2.45) is 5.41 Å². The first-order valence-corrected chi connectivity index (χ1v) is 7.01. The van der Waals surface area contributed by atoms with Gasteiger partial charge < -0.3 is 5.32 Å². The second-order valence-electron chi connectivity index (χ2n) is 5.23. The zero-order valence-electron chi connectivity index (χ0n) is 11.0. The van der Waals surface area contributed by atoms with Gasteiger partial charge in [-0.1, -0.05) is 26.8 Å². The highest BCUT2D eigenvalue weighted by molar-refractivity contribution is 7.98. The fourth-order valence-corrected chi connectivity index (χ4v) is 2.11. The van der Waals surface area contributed by atoms with Gasteiger partial charge in [-0.3, -0.25) is 0 Å². The largest absolute Gasteiger partial charge is 0.384 e. The summed E-state index contributed by atoms with van der Waals surface area (Å²) in [6, 6.07) is 8.23. The zero-order valence-corrected chi connectivity index (χ0v) is 11.8. The Morgan fingerprint density at radius 2 is 2.06 bits per heavy atom. The monoisotopic (exact) mass is 248 g/mol. The van der Waals surface area contributed by atoms with E-state index < -0.39 is 0 Å². The summed E-state index contributed by atoms with van der Waals surface area (Å²) >= 11 is 1.61. The summed E-state index contributed by atoms with van der Waals surface area (Å²) in [6.45, 7) is 7.56. The normalized spacial score (nSPS) is 11.0. The van der Waals surface area contributed by atoms with E-state index in [2.05, 4.69) is 32.2 Å². The molecule has 0 aliphatic heterocycles. The molecule has 0 heterocycles. The first kappa shape index (κ1) is 13.9. The molecule has 0 bridgehead atoms. The highest BCUT2D eigenvalue weighted by atomic mass is 32.2. The van der Waals surface area contributed by atoms with Crippen molar-refractivity contribution in [3.8, 4) is 6.07 Å². The standard InChI is InChI=1S/C14H20N2S/c1-14(2,3)8-9-16-12-6-5-7-13(17-4)11(12)10-15/h5-7,16H,8-9H2,1-4H3. The molecule has 92 valence electrons. The van der Waals surface area contributed by atoms with Crippen LogP contribution in [-0.4, -0.2) is 12.8 Å². The lowest BCUT2D eigenvalue weighted by Crippen LogP contribution is -2.13. The van der Waals surface area contributed by atoms with Crippen molar-refractivity contribution in [3.63, 3.8) is 0 Å². The summed E-state index contributed by atoms with van der Waals surface area (Å²) < 4.78 is 0. The molecule has 1 aromatic carbocycles. The molecule has 0 saturated carbocycles. The SMILES string of the molecule is CSc1cccc(NCCC(C)(C)C)c1C#N. The van der Waals surface area contributed by atoms with E-state index in [1.54, 1.807) is 11.8 Å². The third-order valence-electron chi connectivity index (χ3n) is 2.55. The predicted octanol–water partition coefficient (Wildman–Crippen LogP) is 4.13. The van der Waals surface area contributed by atoms with Crippen molar-refractivity contribution < 1.29 is 0 Å². The first-order valence-electron chi connectivity index (χ1n) is 5.79. The number of thioether (sulfide) groups is 1. The van der Waals surface area contributed by atoms with Crippen LogP contribution in [0.25, 0.3) is 0 Å². The molecule has 1 N–H and O–H groups in total. The Bertz CT molecular complexity index is 413. The number of nitriles is 1. The van der Waals surface area contributed by atoms with Crippen LogP contribution in [0.1, 0.15) is 32.8 Å². The van der Waals surface area contributed by atoms with Gasteiger partial charge in [0.1, 0.15) is 6.07 Å². The molecule has 0 spiro atoms. The number of nitrogens with zero attached hydrogens (tertiary/aromatic N) is 1. The molecule has 17 heavy (non-hydrogen) atoms. The minimum Gasteiger partial charge on any atom is -0.384 e. The maximum atomic E-state index is 9.19. The van der Waals surface area contributed by atoms with E-state index in [4.69, 9.17) is 0 Å². The Morgan fingerprint density at radius 3 is 2.59 bits per heavy atom. The van der Waals surface area contributed by atoms with E-state index >= 15 is 0 Å². The van der Waals surface area contributed by atoms with E-state index in [1.165, 1.54) is 0 Å². The van der Waals surface area contributed by atoms with Crippen LogP contribution in [0.4, 0.5) is 5.69 Å². The molecule has 0 fully saturated rings. The average Bonchev–Trinajstić information content (AvgIpc) is 2.27.